The Labute approximate surface area is 104 Å². The first-order valence-corrected chi connectivity index (χ1v) is 5.57. The summed E-state index contributed by atoms with van der Waals surface area (Å²) in [5.41, 5.74) is 0.0583. The lowest BCUT2D eigenvalue weighted by Gasteiger charge is -2.23. The van der Waals surface area contributed by atoms with Gasteiger partial charge in [0.2, 0.25) is 0 Å². The zero-order valence-electron chi connectivity index (χ0n) is 9.67. The van der Waals surface area contributed by atoms with Gasteiger partial charge in [0.1, 0.15) is 0 Å². The van der Waals surface area contributed by atoms with Crippen LogP contribution in [0.1, 0.15) is 16.9 Å². The Morgan fingerprint density at radius 3 is 2.89 bits per heavy atom. The fraction of sp³-hybridized carbons (Fsp3) is 0.250. The first-order chi connectivity index (χ1) is 8.68. The monoisotopic (exact) mass is 247 g/mol. The van der Waals surface area contributed by atoms with Gasteiger partial charge in [-0.05, 0) is 18.6 Å². The SMILES string of the molecule is O=C(O)c1ncccc1NC(=O)N1CC=CCC1. The third-order valence-electron chi connectivity index (χ3n) is 2.60. The Kier molecular flexibility index (Phi) is 3.57. The molecule has 1 aliphatic heterocycles. The molecule has 1 aliphatic rings. The number of hydrogen-bond acceptors (Lipinski definition) is 3. The fourth-order valence-corrected chi connectivity index (χ4v) is 1.70. The lowest BCUT2D eigenvalue weighted by molar-refractivity contribution is 0.0691. The highest BCUT2D eigenvalue weighted by Gasteiger charge is 2.17. The van der Waals surface area contributed by atoms with E-state index in [1.165, 1.54) is 12.3 Å². The normalized spacial score (nSPS) is 14.3. The molecule has 0 aliphatic carbocycles. The summed E-state index contributed by atoms with van der Waals surface area (Å²) < 4.78 is 0. The van der Waals surface area contributed by atoms with Crippen molar-refractivity contribution in [1.82, 2.24) is 9.88 Å². The van der Waals surface area contributed by atoms with Crippen molar-refractivity contribution >= 4 is 17.7 Å². The molecule has 2 N–H and O–H groups in total. The van der Waals surface area contributed by atoms with Gasteiger partial charge >= 0.3 is 12.0 Å². The second kappa shape index (κ2) is 5.31. The zero-order chi connectivity index (χ0) is 13.0. The third-order valence-corrected chi connectivity index (χ3v) is 2.60. The van der Waals surface area contributed by atoms with E-state index in [-0.39, 0.29) is 17.4 Å². The maximum Gasteiger partial charge on any atom is 0.356 e. The van der Waals surface area contributed by atoms with Gasteiger partial charge in [-0.1, -0.05) is 12.2 Å². The van der Waals surface area contributed by atoms with Crippen molar-refractivity contribution in [2.75, 3.05) is 18.4 Å². The van der Waals surface area contributed by atoms with Crippen LogP contribution in [0.4, 0.5) is 10.5 Å². The van der Waals surface area contributed by atoms with Crippen LogP contribution >= 0.6 is 0 Å². The van der Waals surface area contributed by atoms with Gasteiger partial charge < -0.3 is 15.3 Å². The first kappa shape index (κ1) is 12.1. The highest BCUT2D eigenvalue weighted by atomic mass is 16.4. The summed E-state index contributed by atoms with van der Waals surface area (Å²) in [5, 5.41) is 11.5. The summed E-state index contributed by atoms with van der Waals surface area (Å²) in [7, 11) is 0. The average molecular weight is 247 g/mol. The van der Waals surface area contributed by atoms with Crippen LogP contribution in [0.2, 0.25) is 0 Å². The van der Waals surface area contributed by atoms with Crippen LogP contribution in [0.3, 0.4) is 0 Å². The summed E-state index contributed by atoms with van der Waals surface area (Å²) in [6, 6.07) is 2.79. The Morgan fingerprint density at radius 1 is 1.39 bits per heavy atom. The lowest BCUT2D eigenvalue weighted by Crippen LogP contribution is -2.37. The number of carboxylic acid groups (broad SMARTS) is 1. The van der Waals surface area contributed by atoms with Gasteiger partial charge in [-0.25, -0.2) is 14.6 Å². The van der Waals surface area contributed by atoms with E-state index in [9.17, 15) is 9.59 Å². The van der Waals surface area contributed by atoms with E-state index in [0.717, 1.165) is 6.42 Å². The van der Waals surface area contributed by atoms with E-state index in [1.54, 1.807) is 11.0 Å². The number of carbonyl (C=O) groups is 2. The molecule has 0 spiro atoms. The number of nitrogens with one attached hydrogen (secondary N) is 1. The van der Waals surface area contributed by atoms with E-state index in [2.05, 4.69) is 10.3 Å². The van der Waals surface area contributed by atoms with E-state index in [0.29, 0.717) is 13.1 Å². The third kappa shape index (κ3) is 2.65. The quantitative estimate of drug-likeness (QED) is 0.777. The molecular formula is C12H13N3O3. The summed E-state index contributed by atoms with van der Waals surface area (Å²) in [6.07, 6.45) is 6.11. The molecular weight excluding hydrogens is 234 g/mol. The smallest absolute Gasteiger partial charge is 0.356 e. The number of rotatable bonds is 2. The molecule has 0 saturated heterocycles. The van der Waals surface area contributed by atoms with E-state index < -0.39 is 5.97 Å². The molecule has 6 nitrogen and oxygen atoms in total. The number of aromatic carboxylic acids is 1. The number of carbonyl (C=O) groups excluding carboxylic acids is 1. The van der Waals surface area contributed by atoms with Crippen molar-refractivity contribution in [3.05, 3.63) is 36.2 Å². The van der Waals surface area contributed by atoms with Crippen molar-refractivity contribution < 1.29 is 14.7 Å². The minimum absolute atomic E-state index is 0.154. The van der Waals surface area contributed by atoms with Crippen LogP contribution in [-0.4, -0.2) is 40.1 Å². The molecule has 0 unspecified atom stereocenters. The minimum atomic E-state index is -1.16. The molecule has 0 fully saturated rings. The summed E-state index contributed by atoms with van der Waals surface area (Å²) in [5.74, 6) is -1.16. The van der Waals surface area contributed by atoms with Crippen LogP contribution < -0.4 is 5.32 Å². The Balaban J connectivity index is 2.11. The Hall–Kier alpha value is -2.37. The van der Waals surface area contributed by atoms with Gasteiger partial charge in [-0.15, -0.1) is 0 Å². The number of hydrogen-bond donors (Lipinski definition) is 2. The number of nitrogens with zero attached hydrogens (tertiary/aromatic N) is 2. The zero-order valence-corrected chi connectivity index (χ0v) is 9.67. The van der Waals surface area contributed by atoms with Crippen LogP contribution in [0, 0.1) is 0 Å². The second-order valence-corrected chi connectivity index (χ2v) is 3.84. The highest BCUT2D eigenvalue weighted by molar-refractivity contribution is 5.98. The van der Waals surface area contributed by atoms with E-state index in [1.807, 2.05) is 12.2 Å². The number of urea groups is 1. The topological polar surface area (TPSA) is 82.5 Å². The molecule has 0 aromatic carbocycles. The molecule has 2 amide bonds. The molecule has 94 valence electrons. The molecule has 0 radical (unpaired) electrons. The average Bonchev–Trinajstić information content (AvgIpc) is 2.40. The van der Waals surface area contributed by atoms with Crippen molar-refractivity contribution in [2.45, 2.75) is 6.42 Å². The van der Waals surface area contributed by atoms with E-state index >= 15 is 0 Å². The maximum atomic E-state index is 11.9. The van der Waals surface area contributed by atoms with Gasteiger partial charge in [-0.2, -0.15) is 0 Å². The molecule has 1 aromatic rings. The standard InChI is InChI=1S/C12H13N3O3/c16-11(17)10-9(5-4-6-13-10)14-12(18)15-7-2-1-3-8-15/h1-2,4-6H,3,7-8H2,(H,14,18)(H,16,17). The van der Waals surface area contributed by atoms with Crippen LogP contribution in [-0.2, 0) is 0 Å². The number of carboxylic acids is 1. The molecule has 0 saturated carbocycles. The molecule has 2 heterocycles. The molecule has 18 heavy (non-hydrogen) atoms. The molecule has 2 rings (SSSR count). The second-order valence-electron chi connectivity index (χ2n) is 3.84. The van der Waals surface area contributed by atoms with Gasteiger partial charge in [0.15, 0.2) is 5.69 Å². The van der Waals surface area contributed by atoms with Crippen molar-refractivity contribution in [2.24, 2.45) is 0 Å². The molecule has 0 bridgehead atoms. The molecule has 1 aromatic heterocycles. The Bertz CT molecular complexity index is 499. The predicted octanol–water partition coefficient (Wildman–Crippen LogP) is 1.57. The minimum Gasteiger partial charge on any atom is -0.476 e. The van der Waals surface area contributed by atoms with Crippen LogP contribution in [0.15, 0.2) is 30.5 Å². The lowest BCUT2D eigenvalue weighted by atomic mass is 10.2. The van der Waals surface area contributed by atoms with Gasteiger partial charge in [-0.3, -0.25) is 0 Å². The first-order valence-electron chi connectivity index (χ1n) is 5.57. The van der Waals surface area contributed by atoms with Gasteiger partial charge in [0, 0.05) is 19.3 Å². The number of aromatic nitrogens is 1. The van der Waals surface area contributed by atoms with Crippen molar-refractivity contribution in [1.29, 1.82) is 0 Å². The van der Waals surface area contributed by atoms with Crippen LogP contribution in [0.25, 0.3) is 0 Å². The highest BCUT2D eigenvalue weighted by Crippen LogP contribution is 2.13. The number of amides is 2. The maximum absolute atomic E-state index is 11.9. The summed E-state index contributed by atoms with van der Waals surface area (Å²) in [6.45, 7) is 1.17. The predicted molar refractivity (Wildman–Crippen MR) is 65.5 cm³/mol. The Morgan fingerprint density at radius 2 is 2.22 bits per heavy atom. The summed E-state index contributed by atoms with van der Waals surface area (Å²) in [4.78, 5) is 28.2. The molecule has 0 atom stereocenters. The summed E-state index contributed by atoms with van der Waals surface area (Å²) >= 11 is 0. The van der Waals surface area contributed by atoms with Crippen LogP contribution in [0.5, 0.6) is 0 Å². The molecule has 6 heteroatoms. The fourth-order valence-electron chi connectivity index (χ4n) is 1.70. The van der Waals surface area contributed by atoms with Gasteiger partial charge in [0.05, 0.1) is 5.69 Å². The van der Waals surface area contributed by atoms with Gasteiger partial charge in [0.25, 0.3) is 0 Å². The number of anilines is 1. The van der Waals surface area contributed by atoms with Crippen molar-refractivity contribution in [3.63, 3.8) is 0 Å². The van der Waals surface area contributed by atoms with E-state index in [4.69, 9.17) is 5.11 Å². The van der Waals surface area contributed by atoms with Crippen molar-refractivity contribution in [3.8, 4) is 0 Å². The largest absolute Gasteiger partial charge is 0.476 e. The number of pyridine rings is 1.